The Morgan fingerprint density at radius 1 is 1.47 bits per heavy atom. The molecule has 82 valence electrons. The lowest BCUT2D eigenvalue weighted by molar-refractivity contribution is -0.146. The second-order valence-corrected chi connectivity index (χ2v) is 3.82. The first-order chi connectivity index (χ1) is 7.04. The first kappa shape index (κ1) is 12.3. The van der Waals surface area contributed by atoms with Gasteiger partial charge >= 0.3 is 5.97 Å². The van der Waals surface area contributed by atoms with Gasteiger partial charge in [-0.25, -0.2) is 0 Å². The van der Waals surface area contributed by atoms with Gasteiger partial charge in [0.15, 0.2) is 0 Å². The second kappa shape index (κ2) is 5.35. The predicted molar refractivity (Wildman–Crippen MR) is 60.0 cm³/mol. The molecule has 0 fully saturated rings. The van der Waals surface area contributed by atoms with Crippen LogP contribution in [0.3, 0.4) is 0 Å². The van der Waals surface area contributed by atoms with Gasteiger partial charge in [-0.1, -0.05) is 29.3 Å². The zero-order chi connectivity index (χ0) is 11.4. The number of ether oxygens (including phenoxy) is 1. The number of carbonyl (C=O) groups is 1. The summed E-state index contributed by atoms with van der Waals surface area (Å²) in [5.41, 5.74) is 6.23. The number of carbonyl (C=O) groups excluding carboxylic acids is 1. The first-order valence-corrected chi connectivity index (χ1v) is 5.12. The normalized spacial score (nSPS) is 12.3. The van der Waals surface area contributed by atoms with E-state index in [2.05, 4.69) is 0 Å². The minimum atomic E-state index is -0.475. The van der Waals surface area contributed by atoms with Crippen LogP contribution in [0.4, 0.5) is 0 Å². The summed E-state index contributed by atoms with van der Waals surface area (Å²) in [6.45, 7) is 1.54. The zero-order valence-electron chi connectivity index (χ0n) is 8.17. The predicted octanol–water partition coefficient (Wildman–Crippen LogP) is 2.56. The molecule has 1 aromatic carbocycles. The molecule has 0 aliphatic carbocycles. The molecule has 1 rings (SSSR count). The van der Waals surface area contributed by atoms with Gasteiger partial charge in [0.1, 0.15) is 6.10 Å². The molecule has 0 aliphatic heterocycles. The molecule has 2 N–H and O–H groups in total. The van der Waals surface area contributed by atoms with E-state index in [1.54, 1.807) is 18.2 Å². The first-order valence-electron chi connectivity index (χ1n) is 4.37. The van der Waals surface area contributed by atoms with Gasteiger partial charge in [-0.2, -0.15) is 0 Å². The van der Waals surface area contributed by atoms with E-state index in [4.69, 9.17) is 33.7 Å². The molecule has 0 radical (unpaired) electrons. The van der Waals surface area contributed by atoms with Crippen molar-refractivity contribution in [3.63, 3.8) is 0 Å². The maximum atomic E-state index is 10.8. The van der Waals surface area contributed by atoms with E-state index < -0.39 is 6.10 Å². The number of esters is 1. The van der Waals surface area contributed by atoms with E-state index >= 15 is 0 Å². The number of nitrogens with two attached hydrogens (primary N) is 1. The van der Waals surface area contributed by atoms with Crippen molar-refractivity contribution in [1.29, 1.82) is 0 Å². The van der Waals surface area contributed by atoms with Crippen molar-refractivity contribution >= 4 is 29.2 Å². The number of halogens is 2. The van der Waals surface area contributed by atoms with E-state index in [-0.39, 0.29) is 12.5 Å². The van der Waals surface area contributed by atoms with Crippen LogP contribution in [0.15, 0.2) is 18.2 Å². The summed E-state index contributed by atoms with van der Waals surface area (Å²) in [7, 11) is 0. The summed E-state index contributed by atoms with van der Waals surface area (Å²) in [5, 5.41) is 0.874. The molecule has 3 nitrogen and oxygen atoms in total. The van der Waals surface area contributed by atoms with Crippen LogP contribution in [0.1, 0.15) is 18.6 Å². The van der Waals surface area contributed by atoms with Crippen molar-refractivity contribution in [2.45, 2.75) is 13.0 Å². The Bertz CT molecular complexity index is 368. The van der Waals surface area contributed by atoms with Gasteiger partial charge in [0.25, 0.3) is 0 Å². The lowest BCUT2D eigenvalue weighted by Crippen LogP contribution is -2.18. The van der Waals surface area contributed by atoms with Crippen LogP contribution in [0, 0.1) is 0 Å². The van der Waals surface area contributed by atoms with Crippen LogP contribution in [0.5, 0.6) is 0 Å². The van der Waals surface area contributed by atoms with Crippen molar-refractivity contribution in [2.24, 2.45) is 5.73 Å². The molecule has 5 heteroatoms. The molecule has 1 aromatic rings. The average Bonchev–Trinajstić information content (AvgIpc) is 2.18. The summed E-state index contributed by atoms with van der Waals surface area (Å²) in [6.07, 6.45) is -0.475. The monoisotopic (exact) mass is 247 g/mol. The van der Waals surface area contributed by atoms with Crippen molar-refractivity contribution in [3.8, 4) is 0 Å². The number of hydrogen-bond acceptors (Lipinski definition) is 3. The smallest absolute Gasteiger partial charge is 0.303 e. The number of rotatable bonds is 3. The fourth-order valence-corrected chi connectivity index (χ4v) is 1.47. The van der Waals surface area contributed by atoms with Crippen molar-refractivity contribution in [3.05, 3.63) is 33.8 Å². The Balaban J connectivity index is 2.92. The quantitative estimate of drug-likeness (QED) is 0.836. The fraction of sp³-hybridized carbons (Fsp3) is 0.300. The molecule has 0 saturated carbocycles. The maximum absolute atomic E-state index is 10.8. The van der Waals surface area contributed by atoms with Gasteiger partial charge in [0.05, 0.1) is 10.0 Å². The largest absolute Gasteiger partial charge is 0.456 e. The van der Waals surface area contributed by atoms with Crippen LogP contribution in [0.25, 0.3) is 0 Å². The van der Waals surface area contributed by atoms with E-state index in [1.807, 2.05) is 0 Å². The summed E-state index contributed by atoms with van der Waals surface area (Å²) in [6, 6.07) is 5.02. The van der Waals surface area contributed by atoms with Gasteiger partial charge in [0, 0.05) is 13.5 Å². The number of benzene rings is 1. The van der Waals surface area contributed by atoms with Crippen LogP contribution in [-0.4, -0.2) is 12.5 Å². The van der Waals surface area contributed by atoms with Crippen molar-refractivity contribution < 1.29 is 9.53 Å². The molecule has 1 atom stereocenters. The number of hydrogen-bond donors (Lipinski definition) is 1. The molecule has 0 amide bonds. The molecule has 0 saturated heterocycles. The molecule has 15 heavy (non-hydrogen) atoms. The molecular weight excluding hydrogens is 237 g/mol. The van der Waals surface area contributed by atoms with Crippen LogP contribution in [0.2, 0.25) is 10.0 Å². The highest BCUT2D eigenvalue weighted by Gasteiger charge is 2.13. The van der Waals surface area contributed by atoms with E-state index in [0.29, 0.717) is 10.0 Å². The second-order valence-electron chi connectivity index (χ2n) is 3.01. The van der Waals surface area contributed by atoms with Crippen molar-refractivity contribution in [2.75, 3.05) is 6.54 Å². The molecule has 0 spiro atoms. The topological polar surface area (TPSA) is 52.3 Å². The van der Waals surface area contributed by atoms with Crippen LogP contribution < -0.4 is 5.73 Å². The minimum absolute atomic E-state index is 0.206. The standard InChI is InChI=1S/C10H11Cl2NO2/c1-6(14)15-10(5-13)7-2-3-8(11)9(12)4-7/h2-4,10H,5,13H2,1H3/t10-/m0/s1. The van der Waals surface area contributed by atoms with Gasteiger partial charge in [0.2, 0.25) is 0 Å². The Morgan fingerprint density at radius 2 is 2.13 bits per heavy atom. The highest BCUT2D eigenvalue weighted by Crippen LogP contribution is 2.26. The highest BCUT2D eigenvalue weighted by molar-refractivity contribution is 6.42. The molecule has 0 bridgehead atoms. The fourth-order valence-electron chi connectivity index (χ4n) is 1.17. The average molecular weight is 248 g/mol. The third-order valence-electron chi connectivity index (χ3n) is 1.84. The lowest BCUT2D eigenvalue weighted by atomic mass is 10.1. The van der Waals surface area contributed by atoms with Crippen LogP contribution >= 0.6 is 23.2 Å². The summed E-state index contributed by atoms with van der Waals surface area (Å²) >= 11 is 11.6. The summed E-state index contributed by atoms with van der Waals surface area (Å²) < 4.78 is 5.01. The Morgan fingerprint density at radius 3 is 2.60 bits per heavy atom. The van der Waals surface area contributed by atoms with Gasteiger partial charge in [-0.3, -0.25) is 4.79 Å². The minimum Gasteiger partial charge on any atom is -0.456 e. The molecule has 0 unspecified atom stereocenters. The van der Waals surface area contributed by atoms with E-state index in [9.17, 15) is 4.79 Å². The third kappa shape index (κ3) is 3.38. The zero-order valence-corrected chi connectivity index (χ0v) is 9.68. The van der Waals surface area contributed by atoms with Gasteiger partial charge in [-0.05, 0) is 17.7 Å². The third-order valence-corrected chi connectivity index (χ3v) is 2.58. The summed E-state index contributed by atoms with van der Waals surface area (Å²) in [5.74, 6) is -0.378. The van der Waals surface area contributed by atoms with E-state index in [0.717, 1.165) is 5.56 Å². The Hall–Kier alpha value is -0.770. The molecule has 0 aromatic heterocycles. The maximum Gasteiger partial charge on any atom is 0.303 e. The van der Waals surface area contributed by atoms with Gasteiger partial charge < -0.3 is 10.5 Å². The van der Waals surface area contributed by atoms with E-state index in [1.165, 1.54) is 6.92 Å². The Labute approximate surface area is 98.1 Å². The Kier molecular flexibility index (Phi) is 4.39. The molecule has 0 heterocycles. The van der Waals surface area contributed by atoms with Crippen LogP contribution in [-0.2, 0) is 9.53 Å². The molecular formula is C10H11Cl2NO2. The SMILES string of the molecule is CC(=O)O[C@@H](CN)c1ccc(Cl)c(Cl)c1. The van der Waals surface area contributed by atoms with Gasteiger partial charge in [-0.15, -0.1) is 0 Å². The highest BCUT2D eigenvalue weighted by atomic mass is 35.5. The summed E-state index contributed by atoms with van der Waals surface area (Å²) in [4.78, 5) is 10.8. The molecule has 0 aliphatic rings. The lowest BCUT2D eigenvalue weighted by Gasteiger charge is -2.15. The van der Waals surface area contributed by atoms with Crippen molar-refractivity contribution in [1.82, 2.24) is 0 Å².